The van der Waals surface area contributed by atoms with Gasteiger partial charge in [0.25, 0.3) is 0 Å². The molecule has 0 aliphatic rings. The SMILES string of the molecule is Cc1nc(CC(O)(CCCl)c2ccccc2)cs1. The van der Waals surface area contributed by atoms with Crippen molar-refractivity contribution in [3.63, 3.8) is 0 Å². The number of benzene rings is 1. The van der Waals surface area contributed by atoms with Crippen LogP contribution < -0.4 is 0 Å². The summed E-state index contributed by atoms with van der Waals surface area (Å²) in [7, 11) is 0. The van der Waals surface area contributed by atoms with Crippen LogP contribution in [0.15, 0.2) is 35.7 Å². The maximum Gasteiger partial charge on any atom is 0.0963 e. The number of nitrogens with zero attached hydrogens (tertiary/aromatic N) is 1. The fraction of sp³-hybridized carbons (Fsp3) is 0.357. The average molecular weight is 282 g/mol. The van der Waals surface area contributed by atoms with Crippen molar-refractivity contribution in [1.29, 1.82) is 0 Å². The van der Waals surface area contributed by atoms with Crippen molar-refractivity contribution in [2.45, 2.75) is 25.4 Å². The summed E-state index contributed by atoms with van der Waals surface area (Å²) >= 11 is 7.43. The Morgan fingerprint density at radius 1 is 1.33 bits per heavy atom. The van der Waals surface area contributed by atoms with Crippen molar-refractivity contribution >= 4 is 22.9 Å². The summed E-state index contributed by atoms with van der Waals surface area (Å²) in [5.41, 5.74) is 0.897. The molecule has 4 heteroatoms. The molecule has 1 unspecified atom stereocenters. The molecule has 1 N–H and O–H groups in total. The summed E-state index contributed by atoms with van der Waals surface area (Å²) < 4.78 is 0. The molecule has 0 radical (unpaired) electrons. The number of aryl methyl sites for hydroxylation is 1. The van der Waals surface area contributed by atoms with Crippen molar-refractivity contribution in [3.8, 4) is 0 Å². The minimum absolute atomic E-state index is 0.425. The van der Waals surface area contributed by atoms with Crippen LogP contribution in [0.1, 0.15) is 22.7 Å². The predicted octanol–water partition coefficient (Wildman–Crippen LogP) is 3.51. The normalized spacial score (nSPS) is 14.4. The zero-order valence-electron chi connectivity index (χ0n) is 10.3. The summed E-state index contributed by atoms with van der Waals surface area (Å²) in [5.74, 6) is 0.425. The average Bonchev–Trinajstić information content (AvgIpc) is 2.76. The Balaban J connectivity index is 2.26. The maximum absolute atomic E-state index is 10.8. The van der Waals surface area contributed by atoms with E-state index in [-0.39, 0.29) is 0 Å². The molecule has 0 amide bonds. The monoisotopic (exact) mass is 281 g/mol. The van der Waals surface area contributed by atoms with E-state index in [0.29, 0.717) is 18.7 Å². The number of hydrogen-bond donors (Lipinski definition) is 1. The Labute approximate surface area is 116 Å². The van der Waals surface area contributed by atoms with Crippen molar-refractivity contribution in [2.75, 3.05) is 5.88 Å². The minimum Gasteiger partial charge on any atom is -0.385 e. The molecule has 0 spiro atoms. The molecule has 0 aliphatic carbocycles. The van der Waals surface area contributed by atoms with Gasteiger partial charge in [-0.15, -0.1) is 22.9 Å². The summed E-state index contributed by atoms with van der Waals surface area (Å²) in [5, 5.41) is 13.8. The first-order chi connectivity index (χ1) is 8.64. The Hall–Kier alpha value is -0.900. The minimum atomic E-state index is -0.927. The molecule has 18 heavy (non-hydrogen) atoms. The largest absolute Gasteiger partial charge is 0.385 e. The molecule has 1 aromatic carbocycles. The third-order valence-electron chi connectivity index (χ3n) is 2.96. The molecule has 2 nitrogen and oxygen atoms in total. The third-order valence-corrected chi connectivity index (χ3v) is 3.97. The van der Waals surface area contributed by atoms with E-state index < -0.39 is 5.60 Å². The summed E-state index contributed by atoms with van der Waals surface area (Å²) in [6.07, 6.45) is 1.03. The molecule has 0 bridgehead atoms. The summed E-state index contributed by atoms with van der Waals surface area (Å²) in [6.45, 7) is 1.97. The molecule has 96 valence electrons. The zero-order valence-corrected chi connectivity index (χ0v) is 11.8. The Kier molecular flexibility index (Phi) is 4.38. The molecule has 2 rings (SSSR count). The molecule has 0 saturated carbocycles. The molecular weight excluding hydrogens is 266 g/mol. The number of thiazole rings is 1. The van der Waals surface area contributed by atoms with Crippen LogP contribution in [0.25, 0.3) is 0 Å². The van der Waals surface area contributed by atoms with E-state index >= 15 is 0 Å². The van der Waals surface area contributed by atoms with Crippen LogP contribution in [-0.2, 0) is 12.0 Å². The number of aliphatic hydroxyl groups is 1. The first-order valence-electron chi connectivity index (χ1n) is 5.89. The smallest absolute Gasteiger partial charge is 0.0963 e. The van der Waals surface area contributed by atoms with E-state index in [1.165, 1.54) is 0 Å². The van der Waals surface area contributed by atoms with E-state index in [1.807, 2.05) is 42.6 Å². The lowest BCUT2D eigenvalue weighted by atomic mass is 9.87. The van der Waals surface area contributed by atoms with Gasteiger partial charge in [-0.2, -0.15) is 0 Å². The standard InChI is InChI=1S/C14H16ClNOS/c1-11-16-13(10-18-11)9-14(17,7-8-15)12-5-3-2-4-6-12/h2-6,10,17H,7-9H2,1H3. The van der Waals surface area contributed by atoms with Gasteiger partial charge in [0.05, 0.1) is 16.3 Å². The highest BCUT2D eigenvalue weighted by atomic mass is 35.5. The second-order valence-corrected chi connectivity index (χ2v) is 5.81. The van der Waals surface area contributed by atoms with Crippen molar-refractivity contribution in [3.05, 3.63) is 52.0 Å². The first kappa shape index (κ1) is 13.5. The molecule has 1 aromatic heterocycles. The molecule has 0 saturated heterocycles. The van der Waals surface area contributed by atoms with E-state index in [2.05, 4.69) is 4.98 Å². The number of alkyl halides is 1. The number of halogens is 1. The van der Waals surface area contributed by atoms with Crippen LogP contribution >= 0.6 is 22.9 Å². The second kappa shape index (κ2) is 5.83. The highest BCUT2D eigenvalue weighted by Gasteiger charge is 2.29. The number of rotatable bonds is 5. The highest BCUT2D eigenvalue weighted by molar-refractivity contribution is 7.09. The van der Waals surface area contributed by atoms with Crippen LogP contribution in [0.2, 0.25) is 0 Å². The lowest BCUT2D eigenvalue weighted by molar-refractivity contribution is 0.0328. The molecule has 1 atom stereocenters. The van der Waals surface area contributed by atoms with Crippen LogP contribution in [0.5, 0.6) is 0 Å². The van der Waals surface area contributed by atoms with Crippen LogP contribution in [-0.4, -0.2) is 16.0 Å². The van der Waals surface area contributed by atoms with Gasteiger partial charge in [-0.1, -0.05) is 30.3 Å². The van der Waals surface area contributed by atoms with E-state index in [1.54, 1.807) is 11.3 Å². The number of hydrogen-bond acceptors (Lipinski definition) is 3. The van der Waals surface area contributed by atoms with Crippen molar-refractivity contribution in [2.24, 2.45) is 0 Å². The predicted molar refractivity (Wildman–Crippen MR) is 76.2 cm³/mol. The quantitative estimate of drug-likeness (QED) is 0.851. The molecule has 2 aromatic rings. The molecule has 0 fully saturated rings. The third kappa shape index (κ3) is 3.10. The summed E-state index contributed by atoms with van der Waals surface area (Å²) in [6, 6.07) is 9.68. The van der Waals surface area contributed by atoms with Crippen molar-refractivity contribution in [1.82, 2.24) is 4.98 Å². The van der Waals surface area contributed by atoms with Gasteiger partial charge in [-0.05, 0) is 18.9 Å². The Bertz CT molecular complexity index is 500. The second-order valence-electron chi connectivity index (χ2n) is 4.37. The fourth-order valence-electron chi connectivity index (χ4n) is 2.03. The molecule has 0 aliphatic heterocycles. The maximum atomic E-state index is 10.8. The summed E-state index contributed by atoms with van der Waals surface area (Å²) in [4.78, 5) is 4.42. The highest BCUT2D eigenvalue weighted by Crippen LogP contribution is 2.30. The van der Waals surface area contributed by atoms with Crippen LogP contribution in [0.4, 0.5) is 0 Å². The van der Waals surface area contributed by atoms with Gasteiger partial charge in [0.15, 0.2) is 0 Å². The topological polar surface area (TPSA) is 33.1 Å². The van der Waals surface area contributed by atoms with E-state index in [4.69, 9.17) is 11.6 Å². The van der Waals surface area contributed by atoms with Gasteiger partial charge in [-0.25, -0.2) is 4.98 Å². The lowest BCUT2D eigenvalue weighted by Crippen LogP contribution is -2.29. The van der Waals surface area contributed by atoms with Gasteiger partial charge in [-0.3, -0.25) is 0 Å². The van der Waals surface area contributed by atoms with Gasteiger partial charge >= 0.3 is 0 Å². The lowest BCUT2D eigenvalue weighted by Gasteiger charge is -2.27. The number of aromatic nitrogens is 1. The van der Waals surface area contributed by atoms with Gasteiger partial charge in [0.2, 0.25) is 0 Å². The van der Waals surface area contributed by atoms with Gasteiger partial charge < -0.3 is 5.11 Å². The van der Waals surface area contributed by atoms with Gasteiger partial charge in [0, 0.05) is 17.7 Å². The fourth-order valence-corrected chi connectivity index (χ4v) is 2.95. The molecular formula is C14H16ClNOS. The van der Waals surface area contributed by atoms with Gasteiger partial charge in [0.1, 0.15) is 0 Å². The zero-order chi connectivity index (χ0) is 13.0. The first-order valence-corrected chi connectivity index (χ1v) is 7.30. The van der Waals surface area contributed by atoms with Crippen LogP contribution in [0, 0.1) is 6.92 Å². The molecule has 1 heterocycles. The van der Waals surface area contributed by atoms with Crippen molar-refractivity contribution < 1.29 is 5.11 Å². The Morgan fingerprint density at radius 3 is 2.61 bits per heavy atom. The van der Waals surface area contributed by atoms with E-state index in [0.717, 1.165) is 16.3 Å². The Morgan fingerprint density at radius 2 is 2.06 bits per heavy atom. The van der Waals surface area contributed by atoms with E-state index in [9.17, 15) is 5.11 Å². The van der Waals surface area contributed by atoms with Crippen LogP contribution in [0.3, 0.4) is 0 Å².